The molecule has 1 aliphatic heterocycles. The van der Waals surface area contributed by atoms with Gasteiger partial charge in [0.15, 0.2) is 15.7 Å². The van der Waals surface area contributed by atoms with Gasteiger partial charge in [-0.2, -0.15) is 0 Å². The first-order chi connectivity index (χ1) is 17.9. The van der Waals surface area contributed by atoms with Crippen molar-refractivity contribution in [1.29, 1.82) is 0 Å². The summed E-state index contributed by atoms with van der Waals surface area (Å²) in [6, 6.07) is 9.29. The van der Waals surface area contributed by atoms with Gasteiger partial charge in [0.25, 0.3) is 0 Å². The molecule has 6 rings (SSSR count). The van der Waals surface area contributed by atoms with Gasteiger partial charge in [0.05, 0.1) is 24.2 Å². The van der Waals surface area contributed by atoms with Gasteiger partial charge in [0, 0.05) is 36.4 Å². The third-order valence-electron chi connectivity index (χ3n) is 7.75. The molecule has 3 aliphatic carbocycles. The second kappa shape index (κ2) is 9.40. The molecule has 0 bridgehead atoms. The summed E-state index contributed by atoms with van der Waals surface area (Å²) in [5.41, 5.74) is 2.00. The van der Waals surface area contributed by atoms with Crippen LogP contribution < -0.4 is 15.5 Å². The number of hydrogen-bond donors (Lipinski definition) is 2. The minimum Gasteiger partial charge on any atom is -0.378 e. The Bertz CT molecular complexity index is 1290. The predicted octanol–water partition coefficient (Wildman–Crippen LogP) is 3.63. The van der Waals surface area contributed by atoms with Gasteiger partial charge in [-0.1, -0.05) is 6.08 Å². The Labute approximate surface area is 217 Å². The van der Waals surface area contributed by atoms with Gasteiger partial charge < -0.3 is 20.3 Å². The first kappa shape index (κ1) is 24.4. The second-order valence-electron chi connectivity index (χ2n) is 10.6. The van der Waals surface area contributed by atoms with Crippen LogP contribution in [0.1, 0.15) is 44.2 Å². The summed E-state index contributed by atoms with van der Waals surface area (Å²) in [4.78, 5) is 23.9. The van der Waals surface area contributed by atoms with E-state index in [1.54, 1.807) is 6.08 Å². The van der Waals surface area contributed by atoms with E-state index in [1.807, 2.05) is 30.3 Å². The van der Waals surface area contributed by atoms with E-state index in [9.17, 15) is 13.2 Å². The van der Waals surface area contributed by atoms with Crippen LogP contribution in [0.4, 0.5) is 16.3 Å². The number of carbonyl (C=O) groups excluding carboxylic acids is 1. The van der Waals surface area contributed by atoms with E-state index in [1.165, 1.54) is 0 Å². The fourth-order valence-electron chi connectivity index (χ4n) is 5.09. The van der Waals surface area contributed by atoms with Gasteiger partial charge in [-0.15, -0.1) is 6.58 Å². The number of anilines is 2. The SMILES string of the molecule is C=CC(C1CC1)S(=O)(=O)C1(c2cc(N3CCOCC3)nc(-c3ccc(NC(=O)NC4CC4)cc3)n2)CC1. The molecule has 1 unspecified atom stereocenters. The number of nitrogens with zero attached hydrogens (tertiary/aromatic N) is 3. The van der Waals surface area contributed by atoms with Crippen LogP contribution in [0.15, 0.2) is 43.0 Å². The summed E-state index contributed by atoms with van der Waals surface area (Å²) < 4.78 is 32.3. The molecule has 9 nitrogen and oxygen atoms in total. The number of morpholine rings is 1. The Balaban J connectivity index is 1.34. The minimum atomic E-state index is -3.51. The van der Waals surface area contributed by atoms with Crippen molar-refractivity contribution in [3.63, 3.8) is 0 Å². The number of sulfone groups is 1. The van der Waals surface area contributed by atoms with Crippen molar-refractivity contribution in [1.82, 2.24) is 15.3 Å². The lowest BCUT2D eigenvalue weighted by atomic mass is 10.1. The highest BCUT2D eigenvalue weighted by atomic mass is 32.2. The quantitative estimate of drug-likeness (QED) is 0.483. The summed E-state index contributed by atoms with van der Waals surface area (Å²) in [5, 5.41) is 5.23. The van der Waals surface area contributed by atoms with Crippen LogP contribution in [0.2, 0.25) is 0 Å². The number of hydrogen-bond acceptors (Lipinski definition) is 7. The van der Waals surface area contributed by atoms with E-state index in [0.29, 0.717) is 56.4 Å². The Kier molecular flexibility index (Phi) is 6.19. The standard InChI is InChI=1S/C27H33N5O4S/c1-2-22(18-3-4-18)37(34,35)27(11-12-27)23-17-24(32-13-15-36-16-14-32)31-25(30-23)19-5-7-20(8-6-19)28-26(33)29-21-9-10-21/h2,5-8,17-18,21-22H,1,3-4,9-16H2,(H2,28,29,33). The van der Waals surface area contributed by atoms with E-state index >= 15 is 0 Å². The van der Waals surface area contributed by atoms with Gasteiger partial charge in [-0.05, 0) is 68.7 Å². The number of aromatic nitrogens is 2. The highest BCUT2D eigenvalue weighted by Crippen LogP contribution is 2.56. The number of amides is 2. The average Bonchev–Trinajstić information content (AvgIpc) is 3.74. The molecule has 4 aliphatic rings. The largest absolute Gasteiger partial charge is 0.378 e. The van der Waals surface area contributed by atoms with Crippen LogP contribution in [-0.2, 0) is 19.3 Å². The third-order valence-corrected chi connectivity index (χ3v) is 10.8. The summed E-state index contributed by atoms with van der Waals surface area (Å²) in [5.74, 6) is 1.37. The zero-order valence-electron chi connectivity index (χ0n) is 20.9. The molecule has 2 amide bonds. The highest BCUT2D eigenvalue weighted by Gasteiger charge is 2.61. The molecule has 2 heterocycles. The van der Waals surface area contributed by atoms with E-state index in [-0.39, 0.29) is 18.0 Å². The van der Waals surface area contributed by atoms with Crippen molar-refractivity contribution in [2.45, 2.75) is 54.6 Å². The molecule has 1 saturated heterocycles. The average molecular weight is 524 g/mol. The van der Waals surface area contributed by atoms with Crippen LogP contribution in [0.5, 0.6) is 0 Å². The van der Waals surface area contributed by atoms with Crippen molar-refractivity contribution in [3.05, 3.63) is 48.7 Å². The lowest BCUT2D eigenvalue weighted by Crippen LogP contribution is -2.37. The molecule has 37 heavy (non-hydrogen) atoms. The summed E-state index contributed by atoms with van der Waals surface area (Å²) >= 11 is 0. The molecule has 2 aromatic rings. The summed E-state index contributed by atoms with van der Waals surface area (Å²) in [6.45, 7) is 6.43. The minimum absolute atomic E-state index is 0.164. The maximum Gasteiger partial charge on any atom is 0.319 e. The Hall–Kier alpha value is -2.98. The molecule has 4 fully saturated rings. The van der Waals surface area contributed by atoms with Gasteiger partial charge in [-0.25, -0.2) is 23.2 Å². The number of carbonyl (C=O) groups is 1. The third kappa shape index (κ3) is 4.84. The Morgan fingerprint density at radius 2 is 1.81 bits per heavy atom. The van der Waals surface area contributed by atoms with Crippen LogP contribution in [0.3, 0.4) is 0 Å². The van der Waals surface area contributed by atoms with Crippen molar-refractivity contribution in [2.24, 2.45) is 5.92 Å². The van der Waals surface area contributed by atoms with E-state index in [2.05, 4.69) is 22.1 Å². The molecule has 1 atom stereocenters. The molecular formula is C27H33N5O4S. The van der Waals surface area contributed by atoms with Crippen molar-refractivity contribution >= 4 is 27.4 Å². The maximum atomic E-state index is 13.9. The Morgan fingerprint density at radius 1 is 1.11 bits per heavy atom. The topological polar surface area (TPSA) is 114 Å². The van der Waals surface area contributed by atoms with Crippen LogP contribution in [0.25, 0.3) is 11.4 Å². The van der Waals surface area contributed by atoms with Gasteiger partial charge in [0.1, 0.15) is 10.6 Å². The monoisotopic (exact) mass is 523 g/mol. The van der Waals surface area contributed by atoms with Crippen LogP contribution in [-0.4, -0.2) is 62.0 Å². The second-order valence-corrected chi connectivity index (χ2v) is 13.0. The van der Waals surface area contributed by atoms with Crippen molar-refractivity contribution in [2.75, 3.05) is 36.5 Å². The van der Waals surface area contributed by atoms with E-state index < -0.39 is 19.8 Å². The zero-order valence-corrected chi connectivity index (χ0v) is 21.7. The Morgan fingerprint density at radius 3 is 2.41 bits per heavy atom. The highest BCUT2D eigenvalue weighted by molar-refractivity contribution is 7.93. The number of rotatable bonds is 9. The molecule has 0 radical (unpaired) electrons. The molecule has 196 valence electrons. The first-order valence-corrected chi connectivity index (χ1v) is 14.7. The number of benzene rings is 1. The molecular weight excluding hydrogens is 490 g/mol. The van der Waals surface area contributed by atoms with Gasteiger partial charge in [-0.3, -0.25) is 0 Å². The number of ether oxygens (including phenoxy) is 1. The van der Waals surface area contributed by atoms with Crippen molar-refractivity contribution < 1.29 is 17.9 Å². The normalized spacial score (nSPS) is 21.7. The van der Waals surface area contributed by atoms with Gasteiger partial charge in [0.2, 0.25) is 0 Å². The van der Waals surface area contributed by atoms with E-state index in [0.717, 1.165) is 37.1 Å². The van der Waals surface area contributed by atoms with Crippen molar-refractivity contribution in [3.8, 4) is 11.4 Å². The molecule has 2 N–H and O–H groups in total. The molecule has 1 aromatic carbocycles. The fraction of sp³-hybridized carbons (Fsp3) is 0.519. The maximum absolute atomic E-state index is 13.9. The molecule has 10 heteroatoms. The smallest absolute Gasteiger partial charge is 0.319 e. The number of nitrogens with one attached hydrogen (secondary N) is 2. The molecule has 3 saturated carbocycles. The lowest BCUT2D eigenvalue weighted by Gasteiger charge is -2.29. The van der Waals surface area contributed by atoms with E-state index in [4.69, 9.17) is 14.7 Å². The summed E-state index contributed by atoms with van der Waals surface area (Å²) in [6.07, 6.45) is 6.64. The molecule has 1 aromatic heterocycles. The van der Waals surface area contributed by atoms with Gasteiger partial charge >= 0.3 is 6.03 Å². The lowest BCUT2D eigenvalue weighted by molar-refractivity contribution is 0.122. The van der Waals surface area contributed by atoms with Crippen LogP contribution in [0, 0.1) is 5.92 Å². The fourth-order valence-corrected chi connectivity index (χ4v) is 7.71. The summed E-state index contributed by atoms with van der Waals surface area (Å²) in [7, 11) is -3.51. The first-order valence-electron chi connectivity index (χ1n) is 13.2. The molecule has 0 spiro atoms. The zero-order chi connectivity index (χ0) is 25.6. The number of urea groups is 1. The predicted molar refractivity (Wildman–Crippen MR) is 142 cm³/mol. The van der Waals surface area contributed by atoms with Crippen LogP contribution >= 0.6 is 0 Å².